The second kappa shape index (κ2) is 5.23. The number of carboxylic acids is 1. The monoisotopic (exact) mass is 240 g/mol. The normalized spacial score (nSPS) is 11.3. The molecule has 4 nitrogen and oxygen atoms in total. The molecule has 2 aromatic heterocycles. The maximum absolute atomic E-state index is 10.6. The van der Waals surface area contributed by atoms with E-state index in [0.717, 1.165) is 16.8 Å². The summed E-state index contributed by atoms with van der Waals surface area (Å²) in [5.41, 5.74) is 3.12. The van der Waals surface area contributed by atoms with Crippen molar-refractivity contribution in [3.8, 4) is 11.3 Å². The van der Waals surface area contributed by atoms with E-state index in [2.05, 4.69) is 9.97 Å². The van der Waals surface area contributed by atoms with E-state index in [1.807, 2.05) is 24.3 Å². The number of carboxylic acid groups (broad SMARTS) is 1. The Morgan fingerprint density at radius 3 is 2.83 bits per heavy atom. The van der Waals surface area contributed by atoms with Gasteiger partial charge in [-0.05, 0) is 36.3 Å². The van der Waals surface area contributed by atoms with E-state index in [9.17, 15) is 4.79 Å². The van der Waals surface area contributed by atoms with Gasteiger partial charge >= 0.3 is 5.97 Å². The molecule has 2 aromatic rings. The van der Waals surface area contributed by atoms with E-state index in [-0.39, 0.29) is 0 Å². The Morgan fingerprint density at radius 1 is 1.33 bits per heavy atom. The third-order valence-electron chi connectivity index (χ3n) is 2.49. The summed E-state index contributed by atoms with van der Waals surface area (Å²) in [4.78, 5) is 19.0. The zero-order chi connectivity index (χ0) is 13.0. The van der Waals surface area contributed by atoms with Gasteiger partial charge in [-0.3, -0.25) is 9.97 Å². The number of pyridine rings is 2. The molecule has 4 heteroatoms. The van der Waals surface area contributed by atoms with Crippen molar-refractivity contribution in [3.05, 3.63) is 54.5 Å². The zero-order valence-corrected chi connectivity index (χ0v) is 9.87. The van der Waals surface area contributed by atoms with Crippen LogP contribution in [0.4, 0.5) is 0 Å². The molecule has 0 aliphatic carbocycles. The van der Waals surface area contributed by atoms with E-state index >= 15 is 0 Å². The average molecular weight is 240 g/mol. The van der Waals surface area contributed by atoms with Crippen LogP contribution in [0.1, 0.15) is 12.5 Å². The van der Waals surface area contributed by atoms with Crippen LogP contribution in [0.3, 0.4) is 0 Å². The lowest BCUT2D eigenvalue weighted by atomic mass is 10.1. The highest BCUT2D eigenvalue weighted by Gasteiger charge is 2.03. The molecule has 0 unspecified atom stereocenters. The molecular formula is C14H12N2O2. The lowest BCUT2D eigenvalue weighted by Crippen LogP contribution is -1.92. The number of hydrogen-bond acceptors (Lipinski definition) is 3. The molecular weight excluding hydrogens is 228 g/mol. The molecule has 0 atom stereocenters. The van der Waals surface area contributed by atoms with Crippen molar-refractivity contribution in [3.63, 3.8) is 0 Å². The molecule has 2 heterocycles. The van der Waals surface area contributed by atoms with Crippen LogP contribution < -0.4 is 0 Å². The fraction of sp³-hybridized carbons (Fsp3) is 0.0714. The minimum Gasteiger partial charge on any atom is -0.478 e. The molecule has 0 aromatic carbocycles. The predicted molar refractivity (Wildman–Crippen MR) is 68.8 cm³/mol. The Balaban J connectivity index is 2.40. The molecule has 0 fully saturated rings. The molecule has 0 bridgehead atoms. The summed E-state index contributed by atoms with van der Waals surface area (Å²) in [6, 6.07) is 7.51. The topological polar surface area (TPSA) is 63.1 Å². The van der Waals surface area contributed by atoms with Crippen LogP contribution in [0.25, 0.3) is 16.8 Å². The Morgan fingerprint density at radius 2 is 2.17 bits per heavy atom. The third-order valence-corrected chi connectivity index (χ3v) is 2.49. The molecule has 90 valence electrons. The van der Waals surface area contributed by atoms with E-state index < -0.39 is 5.97 Å². The molecule has 0 aliphatic heterocycles. The van der Waals surface area contributed by atoms with Crippen LogP contribution in [-0.4, -0.2) is 21.0 Å². The first-order valence-corrected chi connectivity index (χ1v) is 5.45. The van der Waals surface area contributed by atoms with Gasteiger partial charge in [0.1, 0.15) is 0 Å². The lowest BCUT2D eigenvalue weighted by molar-refractivity contribution is -0.131. The highest BCUT2D eigenvalue weighted by atomic mass is 16.4. The van der Waals surface area contributed by atoms with Crippen molar-refractivity contribution in [2.24, 2.45) is 0 Å². The first kappa shape index (κ1) is 12.0. The maximum atomic E-state index is 10.6. The number of allylic oxidation sites excluding steroid dienone is 1. The Kier molecular flexibility index (Phi) is 3.48. The Labute approximate surface area is 105 Å². The number of rotatable bonds is 3. The van der Waals surface area contributed by atoms with Gasteiger partial charge in [0, 0.05) is 30.2 Å². The summed E-state index contributed by atoms with van der Waals surface area (Å²) in [5.74, 6) is -0.962. The summed E-state index contributed by atoms with van der Waals surface area (Å²) >= 11 is 0. The first-order chi connectivity index (χ1) is 8.66. The van der Waals surface area contributed by atoms with Crippen LogP contribution in [0.2, 0.25) is 0 Å². The fourth-order valence-electron chi connectivity index (χ4n) is 1.60. The summed E-state index contributed by atoms with van der Waals surface area (Å²) in [6.45, 7) is 1.74. The van der Waals surface area contributed by atoms with Crippen molar-refractivity contribution < 1.29 is 9.90 Å². The van der Waals surface area contributed by atoms with Gasteiger partial charge in [0.2, 0.25) is 0 Å². The van der Waals surface area contributed by atoms with Crippen LogP contribution in [0, 0.1) is 0 Å². The average Bonchev–Trinajstić information content (AvgIpc) is 2.39. The molecule has 0 amide bonds. The highest BCUT2D eigenvalue weighted by Crippen LogP contribution is 2.20. The third kappa shape index (κ3) is 2.79. The van der Waals surface area contributed by atoms with E-state index in [1.54, 1.807) is 25.5 Å². The molecule has 0 spiro atoms. The Bertz CT molecular complexity index is 592. The predicted octanol–water partition coefficient (Wildman–Crippen LogP) is 2.63. The van der Waals surface area contributed by atoms with Gasteiger partial charge in [0.25, 0.3) is 0 Å². The van der Waals surface area contributed by atoms with Gasteiger partial charge in [-0.1, -0.05) is 6.07 Å². The van der Waals surface area contributed by atoms with Crippen LogP contribution in [-0.2, 0) is 4.79 Å². The summed E-state index contributed by atoms with van der Waals surface area (Å²) in [6.07, 6.45) is 6.22. The van der Waals surface area contributed by atoms with E-state index in [1.165, 1.54) is 6.08 Å². The van der Waals surface area contributed by atoms with Crippen LogP contribution >= 0.6 is 0 Å². The maximum Gasteiger partial charge on any atom is 0.328 e. The largest absolute Gasteiger partial charge is 0.478 e. The number of hydrogen-bond donors (Lipinski definition) is 1. The highest BCUT2D eigenvalue weighted by molar-refractivity contribution is 5.89. The van der Waals surface area contributed by atoms with Crippen LogP contribution in [0.5, 0.6) is 0 Å². The summed E-state index contributed by atoms with van der Waals surface area (Å²) < 4.78 is 0. The van der Waals surface area contributed by atoms with Crippen molar-refractivity contribution in [1.29, 1.82) is 0 Å². The first-order valence-electron chi connectivity index (χ1n) is 5.45. The Hall–Kier alpha value is -2.49. The quantitative estimate of drug-likeness (QED) is 0.838. The van der Waals surface area contributed by atoms with Crippen molar-refractivity contribution in [1.82, 2.24) is 9.97 Å². The van der Waals surface area contributed by atoms with Crippen molar-refractivity contribution in [2.75, 3.05) is 0 Å². The minimum absolute atomic E-state index is 0.660. The minimum atomic E-state index is -0.962. The number of aliphatic carboxylic acids is 1. The second-order valence-electron chi connectivity index (χ2n) is 3.84. The van der Waals surface area contributed by atoms with Gasteiger partial charge in [0.15, 0.2) is 0 Å². The standard InChI is InChI=1S/C14H12N2O2/c1-10(6-14(17)18)11-7-12(9-15-8-11)13-4-2-3-5-16-13/h2-9H,1H3,(H,17,18)/b10-6+. The van der Waals surface area contributed by atoms with Crippen molar-refractivity contribution >= 4 is 11.5 Å². The molecule has 18 heavy (non-hydrogen) atoms. The fourth-order valence-corrected chi connectivity index (χ4v) is 1.60. The lowest BCUT2D eigenvalue weighted by Gasteiger charge is -2.04. The smallest absolute Gasteiger partial charge is 0.328 e. The number of nitrogens with zero attached hydrogens (tertiary/aromatic N) is 2. The van der Waals surface area contributed by atoms with E-state index in [4.69, 9.17) is 5.11 Å². The molecule has 2 rings (SSSR count). The van der Waals surface area contributed by atoms with Crippen LogP contribution in [0.15, 0.2) is 48.9 Å². The summed E-state index contributed by atoms with van der Waals surface area (Å²) in [5, 5.41) is 8.72. The molecule has 0 saturated heterocycles. The SMILES string of the molecule is C/C(=C\C(=O)O)c1cncc(-c2ccccn2)c1. The molecule has 0 aliphatic rings. The van der Waals surface area contributed by atoms with Gasteiger partial charge in [-0.2, -0.15) is 0 Å². The molecule has 0 saturated carbocycles. The zero-order valence-electron chi connectivity index (χ0n) is 9.87. The van der Waals surface area contributed by atoms with Crippen molar-refractivity contribution in [2.45, 2.75) is 6.92 Å². The number of aromatic nitrogens is 2. The van der Waals surface area contributed by atoms with Gasteiger partial charge in [-0.15, -0.1) is 0 Å². The summed E-state index contributed by atoms with van der Waals surface area (Å²) in [7, 11) is 0. The van der Waals surface area contributed by atoms with Gasteiger partial charge in [-0.25, -0.2) is 4.79 Å². The van der Waals surface area contributed by atoms with Gasteiger partial charge in [0.05, 0.1) is 5.69 Å². The molecule has 1 N–H and O–H groups in total. The van der Waals surface area contributed by atoms with Gasteiger partial charge < -0.3 is 5.11 Å². The number of carbonyl (C=O) groups is 1. The second-order valence-corrected chi connectivity index (χ2v) is 3.84. The van der Waals surface area contributed by atoms with E-state index in [0.29, 0.717) is 5.57 Å². The molecule has 0 radical (unpaired) electrons.